The highest BCUT2D eigenvalue weighted by Crippen LogP contribution is 2.23. The molecule has 2 aromatic rings. The summed E-state index contributed by atoms with van der Waals surface area (Å²) in [5, 5.41) is 5.04. The first kappa shape index (κ1) is 16.8. The zero-order valence-corrected chi connectivity index (χ0v) is 15.1. The van der Waals surface area contributed by atoms with Crippen LogP contribution in [0.1, 0.15) is 36.2 Å². The molecule has 5 nitrogen and oxygen atoms in total. The molecule has 1 aliphatic heterocycles. The van der Waals surface area contributed by atoms with Crippen LogP contribution in [-0.4, -0.2) is 36.1 Å². The second kappa shape index (κ2) is 7.66. The summed E-state index contributed by atoms with van der Waals surface area (Å²) in [6.45, 7) is 4.71. The van der Waals surface area contributed by atoms with Crippen molar-refractivity contribution in [3.63, 3.8) is 0 Å². The Labute approximate surface area is 147 Å². The first-order chi connectivity index (χ1) is 11.6. The molecule has 2 aromatic heterocycles. The van der Waals surface area contributed by atoms with E-state index in [1.54, 1.807) is 16.2 Å². The average Bonchev–Trinajstić information content (AvgIpc) is 3.32. The summed E-state index contributed by atoms with van der Waals surface area (Å²) in [6, 6.07) is 8.12. The van der Waals surface area contributed by atoms with Gasteiger partial charge in [-0.15, -0.1) is 11.3 Å². The average molecular weight is 344 g/mol. The lowest BCUT2D eigenvalue weighted by Gasteiger charge is -2.24. The molecule has 0 spiro atoms. The van der Waals surface area contributed by atoms with E-state index >= 15 is 0 Å². The number of urea groups is 1. The van der Waals surface area contributed by atoms with Crippen LogP contribution in [0.3, 0.4) is 0 Å². The lowest BCUT2D eigenvalue weighted by atomic mass is 10.2. The van der Waals surface area contributed by atoms with E-state index in [1.807, 2.05) is 37.7 Å². The maximum atomic E-state index is 12.4. The summed E-state index contributed by atoms with van der Waals surface area (Å²) in [6.07, 6.45) is 4.29. The van der Waals surface area contributed by atoms with Crippen molar-refractivity contribution >= 4 is 23.2 Å². The number of nitrogens with one attached hydrogen (secondary N) is 1. The Morgan fingerprint density at radius 1 is 1.42 bits per heavy atom. The molecule has 128 valence electrons. The van der Waals surface area contributed by atoms with Crippen molar-refractivity contribution in [3.8, 4) is 0 Å². The molecule has 1 saturated heterocycles. The van der Waals surface area contributed by atoms with Gasteiger partial charge in [0.2, 0.25) is 0 Å². The van der Waals surface area contributed by atoms with Crippen molar-refractivity contribution < 1.29 is 4.79 Å². The van der Waals surface area contributed by atoms with Crippen molar-refractivity contribution in [3.05, 3.63) is 46.3 Å². The number of carbonyl (C=O) groups excluding carboxylic acids is 1. The van der Waals surface area contributed by atoms with E-state index in [2.05, 4.69) is 27.3 Å². The second-order valence-electron chi connectivity index (χ2n) is 6.18. The fourth-order valence-corrected chi connectivity index (χ4v) is 3.71. The molecule has 0 aliphatic carbocycles. The first-order valence-electron chi connectivity index (χ1n) is 8.39. The van der Waals surface area contributed by atoms with Crippen LogP contribution in [-0.2, 0) is 6.54 Å². The topological polar surface area (TPSA) is 48.5 Å². The van der Waals surface area contributed by atoms with Gasteiger partial charge in [0.15, 0.2) is 0 Å². The minimum atomic E-state index is -0.0598. The quantitative estimate of drug-likeness (QED) is 0.901. The maximum absolute atomic E-state index is 12.4. The van der Waals surface area contributed by atoms with E-state index in [0.29, 0.717) is 6.54 Å². The predicted octanol–water partition coefficient (Wildman–Crippen LogP) is 3.65. The normalized spacial score (nSPS) is 15.3. The van der Waals surface area contributed by atoms with E-state index in [9.17, 15) is 4.79 Å². The number of aromatic nitrogens is 1. The van der Waals surface area contributed by atoms with Crippen LogP contribution >= 0.6 is 11.3 Å². The zero-order valence-electron chi connectivity index (χ0n) is 14.2. The van der Waals surface area contributed by atoms with E-state index in [4.69, 9.17) is 0 Å². The van der Waals surface area contributed by atoms with Crippen LogP contribution in [0, 0.1) is 0 Å². The highest BCUT2D eigenvalue weighted by molar-refractivity contribution is 7.10. The number of pyridine rings is 1. The molecular formula is C18H24N4OS. The third-order valence-corrected chi connectivity index (χ3v) is 5.58. The number of rotatable bonds is 5. The summed E-state index contributed by atoms with van der Waals surface area (Å²) < 4.78 is 0. The Morgan fingerprint density at radius 3 is 2.92 bits per heavy atom. The van der Waals surface area contributed by atoms with Crippen LogP contribution in [0.2, 0.25) is 0 Å². The SMILES string of the molecule is C[C@H](c1cccs1)N(C)C(=O)NCc1ccnc(N2CCCC2)c1. The molecule has 1 N–H and O–H groups in total. The number of amides is 2. The number of nitrogens with zero attached hydrogens (tertiary/aromatic N) is 3. The molecule has 3 rings (SSSR count). The number of anilines is 1. The minimum absolute atomic E-state index is 0.0598. The standard InChI is InChI=1S/C18H24N4OS/c1-14(16-6-5-11-24-16)21(2)18(23)20-13-15-7-8-19-17(12-15)22-9-3-4-10-22/h5-8,11-12,14H,3-4,9-10,13H2,1-2H3,(H,20,23)/t14-/m1/s1. The summed E-state index contributed by atoms with van der Waals surface area (Å²) >= 11 is 1.67. The molecule has 0 bridgehead atoms. The van der Waals surface area contributed by atoms with Gasteiger partial charge < -0.3 is 15.1 Å². The smallest absolute Gasteiger partial charge is 0.317 e. The van der Waals surface area contributed by atoms with Crippen molar-refractivity contribution in [1.82, 2.24) is 15.2 Å². The monoisotopic (exact) mass is 344 g/mol. The molecule has 1 atom stereocenters. The molecule has 0 saturated carbocycles. The molecule has 0 radical (unpaired) electrons. The van der Waals surface area contributed by atoms with Crippen LogP contribution in [0.5, 0.6) is 0 Å². The van der Waals surface area contributed by atoms with Gasteiger partial charge >= 0.3 is 6.03 Å². The molecule has 0 unspecified atom stereocenters. The highest BCUT2D eigenvalue weighted by atomic mass is 32.1. The van der Waals surface area contributed by atoms with Gasteiger partial charge in [-0.05, 0) is 48.9 Å². The van der Waals surface area contributed by atoms with E-state index in [-0.39, 0.29) is 12.1 Å². The fraction of sp³-hybridized carbons (Fsp3) is 0.444. The lowest BCUT2D eigenvalue weighted by Crippen LogP contribution is -2.38. The van der Waals surface area contributed by atoms with Gasteiger partial charge in [-0.1, -0.05) is 6.07 Å². The van der Waals surface area contributed by atoms with Gasteiger partial charge in [0.1, 0.15) is 5.82 Å². The lowest BCUT2D eigenvalue weighted by molar-refractivity contribution is 0.194. The van der Waals surface area contributed by atoms with Crippen LogP contribution in [0.4, 0.5) is 10.6 Å². The van der Waals surface area contributed by atoms with Crippen LogP contribution in [0.25, 0.3) is 0 Å². The van der Waals surface area contributed by atoms with Crippen LogP contribution < -0.4 is 10.2 Å². The third kappa shape index (κ3) is 3.87. The minimum Gasteiger partial charge on any atom is -0.357 e. The van der Waals surface area contributed by atoms with Crippen molar-refractivity contribution in [2.24, 2.45) is 0 Å². The molecule has 2 amide bonds. The summed E-state index contributed by atoms with van der Waals surface area (Å²) in [7, 11) is 1.84. The second-order valence-corrected chi connectivity index (χ2v) is 7.16. The van der Waals surface area contributed by atoms with Crippen molar-refractivity contribution in [2.75, 3.05) is 25.0 Å². The van der Waals surface area contributed by atoms with E-state index in [0.717, 1.165) is 24.5 Å². The Bertz CT molecular complexity index is 667. The van der Waals surface area contributed by atoms with Gasteiger partial charge in [0.05, 0.1) is 6.04 Å². The third-order valence-electron chi connectivity index (χ3n) is 4.54. The summed E-state index contributed by atoms with van der Waals surface area (Å²) in [5.41, 5.74) is 1.08. The van der Waals surface area contributed by atoms with Crippen molar-refractivity contribution in [2.45, 2.75) is 32.4 Å². The van der Waals surface area contributed by atoms with Gasteiger partial charge in [-0.3, -0.25) is 0 Å². The highest BCUT2D eigenvalue weighted by Gasteiger charge is 2.18. The fourth-order valence-electron chi connectivity index (χ4n) is 2.89. The molecule has 24 heavy (non-hydrogen) atoms. The van der Waals surface area contributed by atoms with Gasteiger partial charge in [-0.25, -0.2) is 9.78 Å². The molecule has 3 heterocycles. The molecule has 1 fully saturated rings. The number of hydrogen-bond donors (Lipinski definition) is 1. The Balaban J connectivity index is 1.57. The largest absolute Gasteiger partial charge is 0.357 e. The van der Waals surface area contributed by atoms with Crippen molar-refractivity contribution in [1.29, 1.82) is 0 Å². The number of carbonyl (C=O) groups is 1. The molecule has 0 aromatic carbocycles. The molecule has 6 heteroatoms. The maximum Gasteiger partial charge on any atom is 0.317 e. The Morgan fingerprint density at radius 2 is 2.21 bits per heavy atom. The number of thiophene rings is 1. The Kier molecular flexibility index (Phi) is 5.35. The predicted molar refractivity (Wildman–Crippen MR) is 98.4 cm³/mol. The number of hydrogen-bond acceptors (Lipinski definition) is 4. The Hall–Kier alpha value is -2.08. The van der Waals surface area contributed by atoms with E-state index in [1.165, 1.54) is 17.7 Å². The summed E-state index contributed by atoms with van der Waals surface area (Å²) in [5.74, 6) is 1.01. The molecule has 1 aliphatic rings. The first-order valence-corrected chi connectivity index (χ1v) is 9.27. The molecular weight excluding hydrogens is 320 g/mol. The van der Waals surface area contributed by atoms with Crippen LogP contribution in [0.15, 0.2) is 35.8 Å². The van der Waals surface area contributed by atoms with Gasteiger partial charge in [0, 0.05) is 37.8 Å². The van der Waals surface area contributed by atoms with Gasteiger partial charge in [-0.2, -0.15) is 0 Å². The summed E-state index contributed by atoms with van der Waals surface area (Å²) in [4.78, 5) is 22.1. The van der Waals surface area contributed by atoms with Gasteiger partial charge in [0.25, 0.3) is 0 Å². The zero-order chi connectivity index (χ0) is 16.9. The van der Waals surface area contributed by atoms with E-state index < -0.39 is 0 Å².